The van der Waals surface area contributed by atoms with Crippen molar-refractivity contribution in [2.45, 2.75) is 71.4 Å². The molecule has 1 N–H and O–H groups in total. The Bertz CT molecular complexity index is 208. The van der Waals surface area contributed by atoms with Crippen molar-refractivity contribution in [1.29, 1.82) is 0 Å². The van der Waals surface area contributed by atoms with E-state index in [1.54, 1.807) is 0 Å². The van der Waals surface area contributed by atoms with Gasteiger partial charge in [-0.15, -0.1) is 0 Å². The highest BCUT2D eigenvalue weighted by Crippen LogP contribution is 2.30. The van der Waals surface area contributed by atoms with Crippen LogP contribution in [0.1, 0.15) is 60.3 Å². The molecule has 0 bridgehead atoms. The molecule has 0 aromatic rings. The Morgan fingerprint density at radius 3 is 2.12 bits per heavy atom. The highest BCUT2D eigenvalue weighted by Gasteiger charge is 2.41. The molecule has 1 aliphatic rings. The van der Waals surface area contributed by atoms with E-state index in [1.165, 1.54) is 38.8 Å². The van der Waals surface area contributed by atoms with Crippen LogP contribution in [-0.2, 0) is 0 Å². The predicted octanol–water partition coefficient (Wildman–Crippen LogP) is 3.03. The molecule has 0 aliphatic carbocycles. The molecule has 1 aliphatic heterocycles. The Morgan fingerprint density at radius 1 is 1.06 bits per heavy atom. The van der Waals surface area contributed by atoms with E-state index in [1.807, 2.05) is 0 Å². The fourth-order valence-electron chi connectivity index (χ4n) is 2.79. The zero-order valence-electron chi connectivity index (χ0n) is 11.9. The first-order valence-electron chi connectivity index (χ1n) is 7.06. The largest absolute Gasteiger partial charge is 0.308 e. The molecule has 0 radical (unpaired) electrons. The standard InChI is InChI=1S/C14H30N2/c1-6-10-16-12-14(8-3,9-4)15-11-13(16,5)7-2/h15H,6-12H2,1-5H3. The maximum absolute atomic E-state index is 3.82. The van der Waals surface area contributed by atoms with E-state index in [0.29, 0.717) is 11.1 Å². The van der Waals surface area contributed by atoms with Crippen molar-refractivity contribution < 1.29 is 0 Å². The summed E-state index contributed by atoms with van der Waals surface area (Å²) in [5.41, 5.74) is 0.730. The maximum Gasteiger partial charge on any atom is 0.0304 e. The number of nitrogens with one attached hydrogen (secondary N) is 1. The molecular formula is C14H30N2. The van der Waals surface area contributed by atoms with Crippen LogP contribution in [0.4, 0.5) is 0 Å². The van der Waals surface area contributed by atoms with Gasteiger partial charge in [0.1, 0.15) is 0 Å². The molecule has 1 atom stereocenters. The van der Waals surface area contributed by atoms with Crippen LogP contribution in [0.2, 0.25) is 0 Å². The van der Waals surface area contributed by atoms with Gasteiger partial charge in [0.15, 0.2) is 0 Å². The van der Waals surface area contributed by atoms with E-state index in [4.69, 9.17) is 0 Å². The summed E-state index contributed by atoms with van der Waals surface area (Å²) in [6, 6.07) is 0. The van der Waals surface area contributed by atoms with Crippen LogP contribution in [0.5, 0.6) is 0 Å². The summed E-state index contributed by atoms with van der Waals surface area (Å²) in [6.45, 7) is 15.2. The number of piperazine rings is 1. The smallest absolute Gasteiger partial charge is 0.0304 e. The number of nitrogens with zero attached hydrogens (tertiary/aromatic N) is 1. The summed E-state index contributed by atoms with van der Waals surface area (Å²) in [6.07, 6.45) is 4.98. The minimum absolute atomic E-state index is 0.365. The minimum atomic E-state index is 0.365. The molecule has 16 heavy (non-hydrogen) atoms. The van der Waals surface area contributed by atoms with Crippen LogP contribution in [0.15, 0.2) is 0 Å². The first kappa shape index (κ1) is 14.0. The van der Waals surface area contributed by atoms with Crippen LogP contribution in [0.3, 0.4) is 0 Å². The molecular weight excluding hydrogens is 196 g/mol. The molecule has 2 heteroatoms. The fraction of sp³-hybridized carbons (Fsp3) is 1.00. The second kappa shape index (κ2) is 5.50. The van der Waals surface area contributed by atoms with Gasteiger partial charge in [-0.25, -0.2) is 0 Å². The molecule has 0 saturated carbocycles. The van der Waals surface area contributed by atoms with Crippen molar-refractivity contribution in [1.82, 2.24) is 10.2 Å². The van der Waals surface area contributed by atoms with Gasteiger partial charge in [-0.1, -0.05) is 27.7 Å². The third-order valence-electron chi connectivity index (χ3n) is 4.71. The van der Waals surface area contributed by atoms with E-state index in [0.717, 1.165) is 6.54 Å². The average Bonchev–Trinajstić information content (AvgIpc) is 2.33. The van der Waals surface area contributed by atoms with Crippen LogP contribution < -0.4 is 5.32 Å². The Balaban J connectivity index is 2.79. The molecule has 2 nitrogen and oxygen atoms in total. The van der Waals surface area contributed by atoms with Crippen molar-refractivity contribution in [3.05, 3.63) is 0 Å². The van der Waals surface area contributed by atoms with Gasteiger partial charge in [-0.3, -0.25) is 4.90 Å². The molecule has 0 spiro atoms. The van der Waals surface area contributed by atoms with Crippen molar-refractivity contribution in [3.63, 3.8) is 0 Å². The second-order valence-corrected chi connectivity index (χ2v) is 5.61. The fourth-order valence-corrected chi connectivity index (χ4v) is 2.79. The summed E-state index contributed by atoms with van der Waals surface area (Å²) in [5.74, 6) is 0. The normalized spacial score (nSPS) is 30.6. The van der Waals surface area contributed by atoms with Crippen LogP contribution >= 0.6 is 0 Å². The third-order valence-corrected chi connectivity index (χ3v) is 4.71. The summed E-state index contributed by atoms with van der Waals surface area (Å²) < 4.78 is 0. The molecule has 1 unspecified atom stereocenters. The lowest BCUT2D eigenvalue weighted by molar-refractivity contribution is 0.00931. The summed E-state index contributed by atoms with van der Waals surface area (Å²) in [4.78, 5) is 2.72. The molecule has 1 saturated heterocycles. The van der Waals surface area contributed by atoms with Crippen molar-refractivity contribution >= 4 is 0 Å². The van der Waals surface area contributed by atoms with Gasteiger partial charge < -0.3 is 5.32 Å². The van der Waals surface area contributed by atoms with Gasteiger partial charge in [0.25, 0.3) is 0 Å². The molecule has 0 aromatic heterocycles. The lowest BCUT2D eigenvalue weighted by atomic mass is 9.83. The number of hydrogen-bond donors (Lipinski definition) is 1. The Hall–Kier alpha value is -0.0800. The van der Waals surface area contributed by atoms with E-state index in [-0.39, 0.29) is 0 Å². The topological polar surface area (TPSA) is 15.3 Å². The molecule has 1 rings (SSSR count). The highest BCUT2D eigenvalue weighted by molar-refractivity contribution is 5.01. The van der Waals surface area contributed by atoms with Crippen molar-refractivity contribution in [2.24, 2.45) is 0 Å². The molecule has 0 amide bonds. The zero-order chi connectivity index (χ0) is 12.2. The Labute approximate surface area is 102 Å². The van der Waals surface area contributed by atoms with Gasteiger partial charge >= 0.3 is 0 Å². The summed E-state index contributed by atoms with van der Waals surface area (Å²) in [7, 11) is 0. The van der Waals surface area contributed by atoms with Crippen LogP contribution in [0, 0.1) is 0 Å². The molecule has 1 fully saturated rings. The van der Waals surface area contributed by atoms with Gasteiger partial charge in [0.05, 0.1) is 0 Å². The SMILES string of the molecule is CCCN1CC(CC)(CC)NCC1(C)CC. The monoisotopic (exact) mass is 226 g/mol. The van der Waals surface area contributed by atoms with E-state index in [2.05, 4.69) is 44.8 Å². The molecule has 1 heterocycles. The van der Waals surface area contributed by atoms with E-state index in [9.17, 15) is 0 Å². The Kier molecular flexibility index (Phi) is 4.81. The van der Waals surface area contributed by atoms with E-state index >= 15 is 0 Å². The maximum atomic E-state index is 3.82. The van der Waals surface area contributed by atoms with Crippen molar-refractivity contribution in [3.8, 4) is 0 Å². The van der Waals surface area contributed by atoms with Crippen LogP contribution in [-0.4, -0.2) is 35.6 Å². The summed E-state index contributed by atoms with van der Waals surface area (Å²) in [5, 5.41) is 3.82. The first-order valence-corrected chi connectivity index (χ1v) is 7.06. The molecule has 96 valence electrons. The van der Waals surface area contributed by atoms with Gasteiger partial charge in [0.2, 0.25) is 0 Å². The summed E-state index contributed by atoms with van der Waals surface area (Å²) >= 11 is 0. The minimum Gasteiger partial charge on any atom is -0.308 e. The third kappa shape index (κ3) is 2.60. The number of rotatable bonds is 5. The lowest BCUT2D eigenvalue weighted by Gasteiger charge is -2.53. The van der Waals surface area contributed by atoms with Gasteiger partial charge in [-0.2, -0.15) is 0 Å². The Morgan fingerprint density at radius 2 is 1.69 bits per heavy atom. The number of hydrogen-bond acceptors (Lipinski definition) is 2. The average molecular weight is 226 g/mol. The quantitative estimate of drug-likeness (QED) is 0.775. The zero-order valence-corrected chi connectivity index (χ0v) is 11.9. The van der Waals surface area contributed by atoms with Crippen molar-refractivity contribution in [2.75, 3.05) is 19.6 Å². The second-order valence-electron chi connectivity index (χ2n) is 5.61. The van der Waals surface area contributed by atoms with Gasteiger partial charge in [0, 0.05) is 24.2 Å². The lowest BCUT2D eigenvalue weighted by Crippen LogP contribution is -2.68. The van der Waals surface area contributed by atoms with Crippen LogP contribution in [0.25, 0.3) is 0 Å². The van der Waals surface area contributed by atoms with Gasteiger partial charge in [-0.05, 0) is 39.2 Å². The van der Waals surface area contributed by atoms with E-state index < -0.39 is 0 Å². The first-order chi connectivity index (χ1) is 7.55. The molecule has 0 aromatic carbocycles. The highest BCUT2D eigenvalue weighted by atomic mass is 15.3. The predicted molar refractivity (Wildman–Crippen MR) is 71.9 cm³/mol.